The van der Waals surface area contributed by atoms with Crippen LogP contribution >= 0.6 is 0 Å². The van der Waals surface area contributed by atoms with E-state index < -0.39 is 0 Å². The van der Waals surface area contributed by atoms with E-state index in [9.17, 15) is 5.11 Å². The molecule has 1 fully saturated rings. The molecule has 3 unspecified atom stereocenters. The average molecular weight is 242 g/mol. The fourth-order valence-corrected chi connectivity index (χ4v) is 3.03. The molecule has 0 bridgehead atoms. The molecule has 0 aromatic carbocycles. The number of nitrogens with two attached hydrogens (primary N) is 1. The van der Waals surface area contributed by atoms with E-state index in [1.54, 1.807) is 0 Å². The lowest BCUT2D eigenvalue weighted by molar-refractivity contribution is 0.0924. The zero-order valence-corrected chi connectivity index (χ0v) is 11.5. The van der Waals surface area contributed by atoms with Crippen LogP contribution in [0.25, 0.3) is 0 Å². The molecule has 0 amide bonds. The zero-order chi connectivity index (χ0) is 12.7. The number of hydrogen-bond donors (Lipinski definition) is 3. The summed E-state index contributed by atoms with van der Waals surface area (Å²) >= 11 is 0. The topological polar surface area (TPSA) is 58.3 Å². The van der Waals surface area contributed by atoms with Crippen molar-refractivity contribution in [2.45, 2.75) is 64.5 Å². The Labute approximate surface area is 106 Å². The molecule has 0 spiro atoms. The van der Waals surface area contributed by atoms with Crippen molar-refractivity contribution in [3.05, 3.63) is 0 Å². The Morgan fingerprint density at radius 2 is 1.88 bits per heavy atom. The first-order valence-electron chi connectivity index (χ1n) is 7.34. The maximum atomic E-state index is 10.1. The molecule has 102 valence electrons. The predicted molar refractivity (Wildman–Crippen MR) is 72.9 cm³/mol. The molecule has 3 heteroatoms. The first-order valence-corrected chi connectivity index (χ1v) is 7.34. The summed E-state index contributed by atoms with van der Waals surface area (Å²) in [5.41, 5.74) is 5.81. The van der Waals surface area contributed by atoms with Gasteiger partial charge in [0.2, 0.25) is 0 Å². The van der Waals surface area contributed by atoms with Crippen LogP contribution in [-0.2, 0) is 0 Å². The molecular formula is C14H30N2O. The highest BCUT2D eigenvalue weighted by atomic mass is 16.3. The second kappa shape index (κ2) is 8.06. The molecule has 4 N–H and O–H groups in total. The molecule has 0 aliphatic heterocycles. The minimum absolute atomic E-state index is 0.203. The summed E-state index contributed by atoms with van der Waals surface area (Å²) in [6.07, 6.45) is 7.00. The quantitative estimate of drug-likeness (QED) is 0.639. The minimum atomic E-state index is -0.203. The van der Waals surface area contributed by atoms with E-state index in [-0.39, 0.29) is 6.10 Å². The summed E-state index contributed by atoms with van der Waals surface area (Å²) in [5, 5.41) is 13.6. The molecule has 1 rings (SSSR count). The Morgan fingerprint density at radius 1 is 1.24 bits per heavy atom. The second-order valence-corrected chi connectivity index (χ2v) is 5.44. The van der Waals surface area contributed by atoms with E-state index in [0.717, 1.165) is 25.9 Å². The molecular weight excluding hydrogens is 212 g/mol. The molecule has 3 atom stereocenters. The lowest BCUT2D eigenvalue weighted by Gasteiger charge is -2.33. The van der Waals surface area contributed by atoms with E-state index in [1.165, 1.54) is 25.7 Å². The standard InChI is InChI=1S/C14H30N2O/c1-3-11(4-2)14(17)10-16-13-8-6-5-7-12(13)9-15/h11-14,16-17H,3-10,15H2,1-2H3. The van der Waals surface area contributed by atoms with Crippen molar-refractivity contribution in [2.75, 3.05) is 13.1 Å². The van der Waals surface area contributed by atoms with Crippen LogP contribution in [0.2, 0.25) is 0 Å². The molecule has 0 saturated heterocycles. The molecule has 17 heavy (non-hydrogen) atoms. The van der Waals surface area contributed by atoms with Gasteiger partial charge in [0.25, 0.3) is 0 Å². The molecule has 0 heterocycles. The van der Waals surface area contributed by atoms with Crippen LogP contribution in [0.5, 0.6) is 0 Å². The van der Waals surface area contributed by atoms with Crippen molar-refractivity contribution in [1.82, 2.24) is 5.32 Å². The molecule has 0 aromatic heterocycles. The zero-order valence-electron chi connectivity index (χ0n) is 11.5. The summed E-state index contributed by atoms with van der Waals surface area (Å²) in [5.74, 6) is 1.04. The molecule has 1 aliphatic carbocycles. The van der Waals surface area contributed by atoms with Crippen molar-refractivity contribution in [3.8, 4) is 0 Å². The van der Waals surface area contributed by atoms with Crippen LogP contribution in [0, 0.1) is 11.8 Å². The Kier molecular flexibility index (Phi) is 7.09. The van der Waals surface area contributed by atoms with Crippen LogP contribution in [0.1, 0.15) is 52.4 Å². The minimum Gasteiger partial charge on any atom is -0.392 e. The van der Waals surface area contributed by atoms with Crippen LogP contribution < -0.4 is 11.1 Å². The lowest BCUT2D eigenvalue weighted by atomic mass is 9.84. The predicted octanol–water partition coefficient (Wildman–Crippen LogP) is 1.89. The normalized spacial score (nSPS) is 27.4. The molecule has 1 aliphatic rings. The highest BCUT2D eigenvalue weighted by Crippen LogP contribution is 2.23. The smallest absolute Gasteiger partial charge is 0.0692 e. The maximum Gasteiger partial charge on any atom is 0.0692 e. The van der Waals surface area contributed by atoms with Gasteiger partial charge in [-0.15, -0.1) is 0 Å². The van der Waals surface area contributed by atoms with Gasteiger partial charge in [-0.3, -0.25) is 0 Å². The monoisotopic (exact) mass is 242 g/mol. The number of nitrogens with one attached hydrogen (secondary N) is 1. The van der Waals surface area contributed by atoms with Gasteiger partial charge in [0, 0.05) is 12.6 Å². The summed E-state index contributed by atoms with van der Waals surface area (Å²) in [6, 6.07) is 0.526. The van der Waals surface area contributed by atoms with Crippen LogP contribution in [-0.4, -0.2) is 30.3 Å². The van der Waals surface area contributed by atoms with Crippen LogP contribution in [0.3, 0.4) is 0 Å². The molecule has 0 radical (unpaired) electrons. The van der Waals surface area contributed by atoms with Crippen LogP contribution in [0.15, 0.2) is 0 Å². The molecule has 1 saturated carbocycles. The Morgan fingerprint density at radius 3 is 2.47 bits per heavy atom. The third-order valence-corrected chi connectivity index (χ3v) is 4.39. The third-order valence-electron chi connectivity index (χ3n) is 4.39. The highest BCUT2D eigenvalue weighted by molar-refractivity contribution is 4.83. The van der Waals surface area contributed by atoms with Gasteiger partial charge in [0.15, 0.2) is 0 Å². The fourth-order valence-electron chi connectivity index (χ4n) is 3.03. The number of aliphatic hydroxyl groups excluding tert-OH is 1. The SMILES string of the molecule is CCC(CC)C(O)CNC1CCCCC1CN. The van der Waals surface area contributed by atoms with E-state index in [4.69, 9.17) is 5.73 Å². The summed E-state index contributed by atoms with van der Waals surface area (Å²) in [4.78, 5) is 0. The van der Waals surface area contributed by atoms with E-state index in [0.29, 0.717) is 17.9 Å². The first kappa shape index (κ1) is 14.9. The highest BCUT2D eigenvalue weighted by Gasteiger charge is 2.25. The van der Waals surface area contributed by atoms with Gasteiger partial charge in [-0.2, -0.15) is 0 Å². The van der Waals surface area contributed by atoms with Crippen molar-refractivity contribution >= 4 is 0 Å². The Bertz CT molecular complexity index is 195. The lowest BCUT2D eigenvalue weighted by Crippen LogP contribution is -2.45. The Hall–Kier alpha value is -0.120. The maximum absolute atomic E-state index is 10.1. The van der Waals surface area contributed by atoms with Crippen LogP contribution in [0.4, 0.5) is 0 Å². The van der Waals surface area contributed by atoms with Crippen molar-refractivity contribution < 1.29 is 5.11 Å². The number of hydrogen-bond acceptors (Lipinski definition) is 3. The van der Waals surface area contributed by atoms with Crippen molar-refractivity contribution in [2.24, 2.45) is 17.6 Å². The van der Waals surface area contributed by atoms with Gasteiger partial charge >= 0.3 is 0 Å². The average Bonchev–Trinajstić information content (AvgIpc) is 2.38. The summed E-state index contributed by atoms with van der Waals surface area (Å²) in [7, 11) is 0. The largest absolute Gasteiger partial charge is 0.392 e. The first-order chi connectivity index (χ1) is 8.22. The second-order valence-electron chi connectivity index (χ2n) is 5.44. The van der Waals surface area contributed by atoms with Gasteiger partial charge in [-0.05, 0) is 31.2 Å². The summed E-state index contributed by atoms with van der Waals surface area (Å²) in [6.45, 7) is 5.81. The number of aliphatic hydroxyl groups is 1. The van der Waals surface area contributed by atoms with Gasteiger partial charge < -0.3 is 16.2 Å². The number of rotatable bonds is 7. The van der Waals surface area contributed by atoms with E-state index >= 15 is 0 Å². The van der Waals surface area contributed by atoms with Crippen molar-refractivity contribution in [3.63, 3.8) is 0 Å². The molecule has 0 aromatic rings. The van der Waals surface area contributed by atoms with Crippen molar-refractivity contribution in [1.29, 1.82) is 0 Å². The summed E-state index contributed by atoms with van der Waals surface area (Å²) < 4.78 is 0. The van der Waals surface area contributed by atoms with Gasteiger partial charge in [-0.1, -0.05) is 39.5 Å². The van der Waals surface area contributed by atoms with Gasteiger partial charge in [-0.25, -0.2) is 0 Å². The Balaban J connectivity index is 2.32. The third kappa shape index (κ3) is 4.57. The van der Waals surface area contributed by atoms with E-state index in [2.05, 4.69) is 19.2 Å². The molecule has 3 nitrogen and oxygen atoms in total. The van der Waals surface area contributed by atoms with Gasteiger partial charge in [0.05, 0.1) is 6.10 Å². The van der Waals surface area contributed by atoms with E-state index in [1.807, 2.05) is 0 Å². The van der Waals surface area contributed by atoms with Gasteiger partial charge in [0.1, 0.15) is 0 Å². The fraction of sp³-hybridized carbons (Fsp3) is 1.00.